The third-order valence-corrected chi connectivity index (χ3v) is 3.83. The third-order valence-electron chi connectivity index (χ3n) is 3.83. The Bertz CT molecular complexity index is 179. The molecule has 3 nitrogen and oxygen atoms in total. The van der Waals surface area contributed by atoms with Crippen LogP contribution in [0, 0.1) is 0 Å². The molecule has 1 aliphatic rings. The summed E-state index contributed by atoms with van der Waals surface area (Å²) < 4.78 is 5.40. The van der Waals surface area contributed by atoms with Gasteiger partial charge in [0.1, 0.15) is 0 Å². The van der Waals surface area contributed by atoms with E-state index in [1.54, 1.807) is 0 Å². The van der Waals surface area contributed by atoms with E-state index in [2.05, 4.69) is 31.0 Å². The summed E-state index contributed by atoms with van der Waals surface area (Å²) in [4.78, 5) is 2.59. The molecule has 1 heterocycles. The Hall–Kier alpha value is -0.120. The lowest BCUT2D eigenvalue weighted by atomic mass is 10.0. The lowest BCUT2D eigenvalue weighted by Crippen LogP contribution is -2.50. The molecule has 0 bridgehead atoms. The molecule has 0 saturated carbocycles. The molecule has 1 rings (SSSR count). The Labute approximate surface area is 101 Å². The maximum atomic E-state index is 5.40. The van der Waals surface area contributed by atoms with E-state index in [0.29, 0.717) is 18.2 Å². The normalized spacial score (nSPS) is 23.2. The van der Waals surface area contributed by atoms with Gasteiger partial charge in [0, 0.05) is 32.3 Å². The van der Waals surface area contributed by atoms with Crippen LogP contribution in [-0.4, -0.2) is 49.8 Å². The zero-order valence-electron chi connectivity index (χ0n) is 11.3. The first-order chi connectivity index (χ1) is 7.69. The predicted molar refractivity (Wildman–Crippen MR) is 68.8 cm³/mol. The van der Waals surface area contributed by atoms with Crippen molar-refractivity contribution in [3.05, 3.63) is 0 Å². The van der Waals surface area contributed by atoms with Crippen molar-refractivity contribution in [1.29, 1.82) is 0 Å². The van der Waals surface area contributed by atoms with Crippen LogP contribution in [0.15, 0.2) is 0 Å². The molecule has 96 valence electrons. The third kappa shape index (κ3) is 4.04. The highest BCUT2D eigenvalue weighted by Crippen LogP contribution is 2.16. The number of ether oxygens (including phenoxy) is 1. The van der Waals surface area contributed by atoms with Gasteiger partial charge in [-0.2, -0.15) is 0 Å². The summed E-state index contributed by atoms with van der Waals surface area (Å²) in [6.07, 6.45) is 4.06. The second-order valence-corrected chi connectivity index (χ2v) is 4.95. The molecular formula is C13H28N2O. The molecule has 0 aromatic rings. The van der Waals surface area contributed by atoms with E-state index in [4.69, 9.17) is 4.74 Å². The maximum absolute atomic E-state index is 5.40. The molecule has 1 N–H and O–H groups in total. The van der Waals surface area contributed by atoms with E-state index in [0.717, 1.165) is 6.54 Å². The van der Waals surface area contributed by atoms with E-state index in [9.17, 15) is 0 Å². The molecule has 0 radical (unpaired) electrons. The predicted octanol–water partition coefficient (Wildman–Crippen LogP) is 1.87. The molecule has 1 saturated heterocycles. The number of hydrogen-bond acceptors (Lipinski definition) is 3. The van der Waals surface area contributed by atoms with Gasteiger partial charge in [0.2, 0.25) is 0 Å². The molecule has 0 spiro atoms. The van der Waals surface area contributed by atoms with E-state index in [1.807, 2.05) is 7.11 Å². The van der Waals surface area contributed by atoms with Gasteiger partial charge in [0.25, 0.3) is 0 Å². The fourth-order valence-corrected chi connectivity index (χ4v) is 2.38. The summed E-state index contributed by atoms with van der Waals surface area (Å²) >= 11 is 0. The molecule has 0 aromatic heterocycles. The minimum Gasteiger partial charge on any atom is -0.381 e. The van der Waals surface area contributed by atoms with Crippen molar-refractivity contribution in [3.8, 4) is 0 Å². The molecule has 1 fully saturated rings. The van der Waals surface area contributed by atoms with E-state index in [1.165, 1.54) is 32.4 Å². The van der Waals surface area contributed by atoms with Crippen LogP contribution in [0.2, 0.25) is 0 Å². The van der Waals surface area contributed by atoms with Crippen LogP contribution in [0.5, 0.6) is 0 Å². The topological polar surface area (TPSA) is 24.5 Å². The summed E-state index contributed by atoms with van der Waals surface area (Å²) in [5.74, 6) is 0. The van der Waals surface area contributed by atoms with Crippen molar-refractivity contribution >= 4 is 0 Å². The van der Waals surface area contributed by atoms with Gasteiger partial charge < -0.3 is 10.1 Å². The number of rotatable bonds is 6. The highest BCUT2D eigenvalue weighted by Gasteiger charge is 2.25. The first-order valence-corrected chi connectivity index (χ1v) is 6.69. The number of hydrogen-bond donors (Lipinski definition) is 1. The summed E-state index contributed by atoms with van der Waals surface area (Å²) in [6, 6.07) is 1.21. The van der Waals surface area contributed by atoms with Crippen LogP contribution >= 0.6 is 0 Å². The van der Waals surface area contributed by atoms with Crippen molar-refractivity contribution in [2.45, 2.75) is 58.2 Å². The second-order valence-electron chi connectivity index (χ2n) is 4.95. The lowest BCUT2D eigenvalue weighted by molar-refractivity contribution is 0.0249. The minimum atomic E-state index is 0.488. The van der Waals surface area contributed by atoms with Crippen LogP contribution in [0.3, 0.4) is 0 Å². The second kappa shape index (κ2) is 7.25. The van der Waals surface area contributed by atoms with Gasteiger partial charge in [-0.1, -0.05) is 6.92 Å². The smallest absolute Gasteiger partial charge is 0.0595 e. The van der Waals surface area contributed by atoms with Crippen LogP contribution < -0.4 is 5.32 Å². The summed E-state index contributed by atoms with van der Waals surface area (Å²) in [5.41, 5.74) is 0. The molecule has 0 amide bonds. The highest BCUT2D eigenvalue weighted by atomic mass is 16.5. The van der Waals surface area contributed by atoms with Crippen molar-refractivity contribution < 1.29 is 4.74 Å². The fraction of sp³-hybridized carbons (Fsp3) is 1.00. The van der Waals surface area contributed by atoms with Gasteiger partial charge in [0.05, 0.1) is 6.10 Å². The van der Waals surface area contributed by atoms with Crippen LogP contribution in [-0.2, 0) is 4.74 Å². The van der Waals surface area contributed by atoms with Crippen LogP contribution in [0.1, 0.15) is 40.0 Å². The van der Waals surface area contributed by atoms with Crippen molar-refractivity contribution in [1.82, 2.24) is 10.2 Å². The molecule has 1 aliphatic heterocycles. The minimum absolute atomic E-state index is 0.488. The lowest BCUT2D eigenvalue weighted by Gasteiger charge is -2.38. The average Bonchev–Trinajstić information content (AvgIpc) is 2.35. The molecular weight excluding hydrogens is 200 g/mol. The Morgan fingerprint density at radius 2 is 1.94 bits per heavy atom. The first-order valence-electron chi connectivity index (χ1n) is 6.69. The van der Waals surface area contributed by atoms with Gasteiger partial charge in [-0.25, -0.2) is 0 Å². The van der Waals surface area contributed by atoms with Crippen LogP contribution in [0.25, 0.3) is 0 Å². The quantitative estimate of drug-likeness (QED) is 0.751. The van der Waals surface area contributed by atoms with E-state index < -0.39 is 0 Å². The number of nitrogens with one attached hydrogen (secondary N) is 1. The molecule has 16 heavy (non-hydrogen) atoms. The molecule has 0 aromatic carbocycles. The zero-order valence-corrected chi connectivity index (χ0v) is 11.3. The van der Waals surface area contributed by atoms with E-state index >= 15 is 0 Å². The van der Waals surface area contributed by atoms with Gasteiger partial charge in [-0.15, -0.1) is 0 Å². The van der Waals surface area contributed by atoms with Gasteiger partial charge in [0.15, 0.2) is 0 Å². The summed E-state index contributed by atoms with van der Waals surface area (Å²) in [7, 11) is 1.83. The van der Waals surface area contributed by atoms with Gasteiger partial charge in [-0.3, -0.25) is 4.90 Å². The van der Waals surface area contributed by atoms with Crippen molar-refractivity contribution in [3.63, 3.8) is 0 Å². The molecule has 3 heteroatoms. The monoisotopic (exact) mass is 228 g/mol. The zero-order chi connectivity index (χ0) is 12.0. The van der Waals surface area contributed by atoms with Gasteiger partial charge >= 0.3 is 0 Å². The molecule has 0 aliphatic carbocycles. The first kappa shape index (κ1) is 13.9. The van der Waals surface area contributed by atoms with E-state index in [-0.39, 0.29) is 0 Å². The average molecular weight is 228 g/mol. The number of nitrogens with zero attached hydrogens (tertiary/aromatic N) is 1. The Kier molecular flexibility index (Phi) is 6.32. The standard InChI is InChI=1S/C13H28N2O/c1-5-8-14-11(2)12(3)15-9-6-13(16-4)7-10-15/h11-14H,5-10H2,1-4H3. The Morgan fingerprint density at radius 1 is 1.31 bits per heavy atom. The van der Waals surface area contributed by atoms with Crippen molar-refractivity contribution in [2.75, 3.05) is 26.7 Å². The van der Waals surface area contributed by atoms with Gasteiger partial charge in [-0.05, 0) is 39.7 Å². The highest BCUT2D eigenvalue weighted by molar-refractivity contribution is 4.82. The summed E-state index contributed by atoms with van der Waals surface area (Å²) in [6.45, 7) is 10.3. The molecule has 2 atom stereocenters. The number of likely N-dealkylation sites (tertiary alicyclic amines) is 1. The largest absolute Gasteiger partial charge is 0.381 e. The number of methoxy groups -OCH3 is 1. The Balaban J connectivity index is 2.29. The van der Waals surface area contributed by atoms with Crippen LogP contribution in [0.4, 0.5) is 0 Å². The van der Waals surface area contributed by atoms with Crippen molar-refractivity contribution in [2.24, 2.45) is 0 Å². The molecule has 2 unspecified atom stereocenters. The Morgan fingerprint density at radius 3 is 2.44 bits per heavy atom. The fourth-order valence-electron chi connectivity index (χ4n) is 2.38. The maximum Gasteiger partial charge on any atom is 0.0595 e. The number of piperidine rings is 1. The SMILES string of the molecule is CCCNC(C)C(C)N1CCC(OC)CC1. The summed E-state index contributed by atoms with van der Waals surface area (Å²) in [5, 5.41) is 3.58.